The fourth-order valence-corrected chi connectivity index (χ4v) is 2.88. The second-order valence-corrected chi connectivity index (χ2v) is 5.31. The number of ether oxygens (including phenoxy) is 2. The number of carboxylic acids is 1. The summed E-state index contributed by atoms with van der Waals surface area (Å²) in [6.07, 6.45) is 1.34. The van der Waals surface area contributed by atoms with Gasteiger partial charge in [-0.15, -0.1) is 0 Å². The second kappa shape index (κ2) is 5.88. The van der Waals surface area contributed by atoms with Crippen LogP contribution in [0.3, 0.4) is 0 Å². The molecular weight excluding hydrogens is 250 g/mol. The van der Waals surface area contributed by atoms with Crippen LogP contribution < -0.4 is 0 Å². The second-order valence-electron chi connectivity index (χ2n) is 5.31. The predicted octanol–water partition coefficient (Wildman–Crippen LogP) is 0.363. The number of hydrogen-bond acceptors (Lipinski definition) is 4. The average Bonchev–Trinajstić information content (AvgIpc) is 2.79. The topological polar surface area (TPSA) is 76.1 Å². The summed E-state index contributed by atoms with van der Waals surface area (Å²) in [5.41, 5.74) is -0.821. The summed E-state index contributed by atoms with van der Waals surface area (Å²) in [5, 5.41) is 9.49. The molecule has 2 saturated heterocycles. The lowest BCUT2D eigenvalue weighted by Crippen LogP contribution is -2.45. The number of likely N-dealkylation sites (tertiary alicyclic amines) is 1. The van der Waals surface area contributed by atoms with E-state index in [2.05, 4.69) is 0 Å². The number of rotatable bonds is 5. The molecule has 2 atom stereocenters. The molecule has 0 aromatic rings. The van der Waals surface area contributed by atoms with Gasteiger partial charge in [0.05, 0.1) is 12.0 Å². The van der Waals surface area contributed by atoms with Gasteiger partial charge < -0.3 is 19.5 Å². The van der Waals surface area contributed by atoms with Crippen molar-refractivity contribution < 1.29 is 24.2 Å². The van der Waals surface area contributed by atoms with Crippen molar-refractivity contribution in [2.45, 2.75) is 19.8 Å². The summed E-state index contributed by atoms with van der Waals surface area (Å²) < 4.78 is 10.6. The van der Waals surface area contributed by atoms with E-state index in [9.17, 15) is 14.7 Å². The van der Waals surface area contributed by atoms with Gasteiger partial charge in [0.15, 0.2) is 0 Å². The molecule has 0 saturated carbocycles. The number of aliphatic carboxylic acids is 1. The summed E-state index contributed by atoms with van der Waals surface area (Å²) in [6.45, 7) is 4.19. The molecule has 0 aromatic carbocycles. The van der Waals surface area contributed by atoms with Crippen LogP contribution in [0.25, 0.3) is 0 Å². The molecule has 6 nitrogen and oxygen atoms in total. The Morgan fingerprint density at radius 2 is 2.32 bits per heavy atom. The van der Waals surface area contributed by atoms with Crippen molar-refractivity contribution in [1.29, 1.82) is 0 Å². The van der Waals surface area contributed by atoms with E-state index in [1.54, 1.807) is 4.90 Å². The van der Waals surface area contributed by atoms with E-state index in [4.69, 9.17) is 9.47 Å². The molecule has 0 radical (unpaired) electrons. The van der Waals surface area contributed by atoms with Crippen LogP contribution in [0.5, 0.6) is 0 Å². The third-order valence-corrected chi connectivity index (χ3v) is 4.06. The first-order valence-corrected chi connectivity index (χ1v) is 6.77. The monoisotopic (exact) mass is 271 g/mol. The van der Waals surface area contributed by atoms with Crippen LogP contribution in [0, 0.1) is 11.3 Å². The van der Waals surface area contributed by atoms with Crippen LogP contribution in [0.15, 0.2) is 0 Å². The van der Waals surface area contributed by atoms with Crippen LogP contribution in [0.1, 0.15) is 19.8 Å². The summed E-state index contributed by atoms with van der Waals surface area (Å²) >= 11 is 0. The van der Waals surface area contributed by atoms with Gasteiger partial charge in [-0.1, -0.05) is 6.92 Å². The highest BCUT2D eigenvalue weighted by atomic mass is 16.5. The summed E-state index contributed by atoms with van der Waals surface area (Å²) in [7, 11) is 0. The molecule has 108 valence electrons. The van der Waals surface area contributed by atoms with E-state index in [0.29, 0.717) is 32.8 Å². The number of carbonyl (C=O) groups excluding carboxylic acids is 1. The van der Waals surface area contributed by atoms with Gasteiger partial charge in [-0.05, 0) is 12.8 Å². The first-order chi connectivity index (χ1) is 9.10. The molecule has 2 rings (SSSR count). The smallest absolute Gasteiger partial charge is 0.311 e. The lowest BCUT2D eigenvalue weighted by molar-refractivity contribution is -0.157. The molecule has 0 aromatic heterocycles. The van der Waals surface area contributed by atoms with Crippen molar-refractivity contribution in [3.05, 3.63) is 0 Å². The SMILES string of the molecule is CCCOCC(=O)N1C[C@H]2COCC[C@@]2(C(=O)O)C1. The quantitative estimate of drug-likeness (QED) is 0.731. The maximum atomic E-state index is 12.0. The molecule has 0 bridgehead atoms. The zero-order valence-electron chi connectivity index (χ0n) is 11.3. The lowest BCUT2D eigenvalue weighted by Gasteiger charge is -2.33. The molecule has 2 fully saturated rings. The van der Waals surface area contributed by atoms with Crippen LogP contribution in [0.4, 0.5) is 0 Å². The fraction of sp³-hybridized carbons (Fsp3) is 0.846. The Labute approximate surface area is 112 Å². The van der Waals surface area contributed by atoms with E-state index in [1.807, 2.05) is 6.92 Å². The lowest BCUT2D eigenvalue weighted by atomic mass is 9.74. The number of amides is 1. The first-order valence-electron chi connectivity index (χ1n) is 6.77. The van der Waals surface area contributed by atoms with Crippen LogP contribution in [-0.2, 0) is 19.1 Å². The maximum Gasteiger partial charge on any atom is 0.311 e. The Morgan fingerprint density at radius 1 is 1.53 bits per heavy atom. The number of carbonyl (C=O) groups is 2. The Morgan fingerprint density at radius 3 is 2.95 bits per heavy atom. The number of carboxylic acid groups (broad SMARTS) is 1. The molecule has 1 amide bonds. The van der Waals surface area contributed by atoms with Crippen LogP contribution in [-0.4, -0.2) is 61.4 Å². The van der Waals surface area contributed by atoms with Gasteiger partial charge in [-0.25, -0.2) is 0 Å². The van der Waals surface area contributed by atoms with Crippen molar-refractivity contribution in [1.82, 2.24) is 4.90 Å². The van der Waals surface area contributed by atoms with Gasteiger partial charge in [0.2, 0.25) is 5.91 Å². The largest absolute Gasteiger partial charge is 0.481 e. The minimum atomic E-state index is -0.821. The molecule has 1 N–H and O–H groups in total. The van der Waals surface area contributed by atoms with Crippen molar-refractivity contribution in [2.75, 3.05) is 39.5 Å². The van der Waals surface area contributed by atoms with Gasteiger partial charge >= 0.3 is 5.97 Å². The van der Waals surface area contributed by atoms with Gasteiger partial charge in [0, 0.05) is 32.2 Å². The van der Waals surface area contributed by atoms with E-state index in [-0.39, 0.29) is 25.0 Å². The van der Waals surface area contributed by atoms with Crippen LogP contribution >= 0.6 is 0 Å². The highest BCUT2D eigenvalue weighted by Gasteiger charge is 2.54. The first kappa shape index (κ1) is 14.3. The highest BCUT2D eigenvalue weighted by Crippen LogP contribution is 2.42. The molecule has 2 heterocycles. The summed E-state index contributed by atoms with van der Waals surface area (Å²) in [4.78, 5) is 25.2. The average molecular weight is 271 g/mol. The summed E-state index contributed by atoms with van der Waals surface area (Å²) in [6, 6.07) is 0. The number of hydrogen-bond donors (Lipinski definition) is 1. The normalized spacial score (nSPS) is 30.2. The van der Waals surface area contributed by atoms with E-state index < -0.39 is 11.4 Å². The minimum Gasteiger partial charge on any atom is -0.481 e. The Kier molecular flexibility index (Phi) is 4.42. The Balaban J connectivity index is 1.99. The molecule has 0 spiro atoms. The third kappa shape index (κ3) is 2.74. The molecule has 0 aliphatic carbocycles. The van der Waals surface area contributed by atoms with Crippen molar-refractivity contribution in [3.8, 4) is 0 Å². The molecule has 0 unspecified atom stereocenters. The molecule has 6 heteroatoms. The zero-order valence-corrected chi connectivity index (χ0v) is 11.3. The fourth-order valence-electron chi connectivity index (χ4n) is 2.88. The highest BCUT2D eigenvalue weighted by molar-refractivity contribution is 5.81. The van der Waals surface area contributed by atoms with Gasteiger partial charge in [0.1, 0.15) is 6.61 Å². The van der Waals surface area contributed by atoms with Crippen molar-refractivity contribution >= 4 is 11.9 Å². The zero-order chi connectivity index (χ0) is 13.9. The maximum absolute atomic E-state index is 12.0. The molecular formula is C13H21NO5. The summed E-state index contributed by atoms with van der Waals surface area (Å²) in [5.74, 6) is -1.04. The van der Waals surface area contributed by atoms with Crippen molar-refractivity contribution in [2.24, 2.45) is 11.3 Å². The molecule has 2 aliphatic rings. The van der Waals surface area contributed by atoms with E-state index in [1.165, 1.54) is 0 Å². The molecule has 19 heavy (non-hydrogen) atoms. The Bertz CT molecular complexity index is 359. The third-order valence-electron chi connectivity index (χ3n) is 4.06. The standard InChI is InChI=1S/C13H21NO5/c1-2-4-18-8-11(15)14-6-10-7-19-5-3-13(10,9-14)12(16)17/h10H,2-9H2,1H3,(H,16,17)/t10-,13+/m0/s1. The minimum absolute atomic E-state index is 0.0388. The van der Waals surface area contributed by atoms with Crippen molar-refractivity contribution in [3.63, 3.8) is 0 Å². The van der Waals surface area contributed by atoms with E-state index >= 15 is 0 Å². The van der Waals surface area contributed by atoms with Gasteiger partial charge in [-0.2, -0.15) is 0 Å². The number of fused-ring (bicyclic) bond motifs is 1. The Hall–Kier alpha value is -1.14. The number of nitrogens with zero attached hydrogens (tertiary/aromatic N) is 1. The predicted molar refractivity (Wildman–Crippen MR) is 66.7 cm³/mol. The van der Waals surface area contributed by atoms with Gasteiger partial charge in [-0.3, -0.25) is 9.59 Å². The van der Waals surface area contributed by atoms with Gasteiger partial charge in [0.25, 0.3) is 0 Å². The van der Waals surface area contributed by atoms with E-state index in [0.717, 1.165) is 6.42 Å². The van der Waals surface area contributed by atoms with Crippen LogP contribution in [0.2, 0.25) is 0 Å². The molecule has 2 aliphatic heterocycles.